The van der Waals surface area contributed by atoms with Gasteiger partial charge in [0.15, 0.2) is 0 Å². The number of ether oxygens (including phenoxy) is 1. The van der Waals surface area contributed by atoms with Crippen molar-refractivity contribution in [2.75, 3.05) is 13.1 Å². The van der Waals surface area contributed by atoms with Gasteiger partial charge in [0, 0.05) is 31.0 Å². The molecule has 0 spiro atoms. The number of nitrogens with zero attached hydrogens (tertiary/aromatic N) is 2. The highest BCUT2D eigenvalue weighted by Gasteiger charge is 2.25. The molecule has 0 radical (unpaired) electrons. The Labute approximate surface area is 122 Å². The summed E-state index contributed by atoms with van der Waals surface area (Å²) in [4.78, 5) is 17.9. The van der Waals surface area contributed by atoms with Gasteiger partial charge in [-0.2, -0.15) is 0 Å². The predicted molar refractivity (Wildman–Crippen MR) is 77.3 cm³/mol. The molecule has 1 aliphatic rings. The van der Waals surface area contributed by atoms with Gasteiger partial charge < -0.3 is 14.7 Å². The third-order valence-electron chi connectivity index (χ3n) is 3.42. The Morgan fingerprint density at radius 3 is 2.76 bits per heavy atom. The van der Waals surface area contributed by atoms with Crippen molar-refractivity contribution in [1.29, 1.82) is 0 Å². The fraction of sp³-hybridized carbons (Fsp3) is 0.250. The monoisotopic (exact) mass is 284 g/mol. The van der Waals surface area contributed by atoms with Crippen molar-refractivity contribution >= 4 is 5.91 Å². The molecule has 5 nitrogen and oxygen atoms in total. The van der Waals surface area contributed by atoms with Crippen molar-refractivity contribution < 1.29 is 14.6 Å². The molecule has 1 atom stereocenters. The van der Waals surface area contributed by atoms with Gasteiger partial charge in [-0.3, -0.25) is 9.78 Å². The molecule has 108 valence electrons. The highest BCUT2D eigenvalue weighted by atomic mass is 16.5. The number of likely N-dealkylation sites (tertiary alicyclic amines) is 1. The van der Waals surface area contributed by atoms with Crippen LogP contribution in [0.3, 0.4) is 0 Å². The number of carbonyl (C=O) groups is 1. The van der Waals surface area contributed by atoms with Gasteiger partial charge in [-0.1, -0.05) is 6.07 Å². The van der Waals surface area contributed by atoms with Crippen LogP contribution < -0.4 is 4.74 Å². The molecule has 1 N–H and O–H groups in total. The minimum Gasteiger partial charge on any atom is -0.457 e. The first-order valence-corrected chi connectivity index (χ1v) is 6.87. The summed E-state index contributed by atoms with van der Waals surface area (Å²) in [6, 6.07) is 10.6. The SMILES string of the molecule is O=C(c1cccc(Oc2ccncc2)c1)N1CC[C@@H](O)C1. The van der Waals surface area contributed by atoms with Crippen LogP contribution >= 0.6 is 0 Å². The topological polar surface area (TPSA) is 62.7 Å². The van der Waals surface area contributed by atoms with Crippen LogP contribution in [0.5, 0.6) is 11.5 Å². The Bertz CT molecular complexity index is 630. The van der Waals surface area contributed by atoms with E-state index in [0.29, 0.717) is 36.6 Å². The maximum absolute atomic E-state index is 12.3. The molecule has 0 bridgehead atoms. The predicted octanol–water partition coefficient (Wildman–Crippen LogP) is 2.08. The van der Waals surface area contributed by atoms with E-state index >= 15 is 0 Å². The van der Waals surface area contributed by atoms with E-state index in [4.69, 9.17) is 4.74 Å². The molecule has 0 aliphatic carbocycles. The van der Waals surface area contributed by atoms with Gasteiger partial charge in [-0.15, -0.1) is 0 Å². The van der Waals surface area contributed by atoms with Crippen LogP contribution in [0.1, 0.15) is 16.8 Å². The molecule has 1 aromatic heterocycles. The second kappa shape index (κ2) is 5.93. The lowest BCUT2D eigenvalue weighted by Crippen LogP contribution is -2.29. The first kappa shape index (κ1) is 13.6. The van der Waals surface area contributed by atoms with E-state index in [2.05, 4.69) is 4.98 Å². The minimum absolute atomic E-state index is 0.0771. The number of aliphatic hydroxyl groups excluding tert-OH is 1. The van der Waals surface area contributed by atoms with Gasteiger partial charge in [0.1, 0.15) is 11.5 Å². The Balaban J connectivity index is 1.75. The maximum Gasteiger partial charge on any atom is 0.254 e. The fourth-order valence-electron chi connectivity index (χ4n) is 2.34. The Hall–Kier alpha value is -2.40. The van der Waals surface area contributed by atoms with Gasteiger partial charge in [0.05, 0.1) is 6.10 Å². The molecule has 1 saturated heterocycles. The second-order valence-corrected chi connectivity index (χ2v) is 5.01. The third kappa shape index (κ3) is 3.20. The number of amides is 1. The summed E-state index contributed by atoms with van der Waals surface area (Å²) in [5.74, 6) is 1.20. The van der Waals surface area contributed by atoms with Crippen LogP contribution in [0.4, 0.5) is 0 Å². The molecule has 3 rings (SSSR count). The summed E-state index contributed by atoms with van der Waals surface area (Å²) in [7, 11) is 0. The zero-order valence-electron chi connectivity index (χ0n) is 11.5. The van der Waals surface area contributed by atoms with Gasteiger partial charge >= 0.3 is 0 Å². The van der Waals surface area contributed by atoms with E-state index in [1.165, 1.54) is 0 Å². The molecule has 1 aromatic carbocycles. The van der Waals surface area contributed by atoms with Crippen LogP contribution in [0, 0.1) is 0 Å². The average molecular weight is 284 g/mol. The number of aromatic nitrogens is 1. The lowest BCUT2D eigenvalue weighted by atomic mass is 10.2. The van der Waals surface area contributed by atoms with E-state index in [1.54, 1.807) is 53.7 Å². The molecular weight excluding hydrogens is 268 g/mol. The van der Waals surface area contributed by atoms with E-state index in [0.717, 1.165) is 0 Å². The van der Waals surface area contributed by atoms with Gasteiger partial charge in [-0.25, -0.2) is 0 Å². The number of aliphatic hydroxyl groups is 1. The Kier molecular flexibility index (Phi) is 3.83. The molecule has 0 unspecified atom stereocenters. The van der Waals surface area contributed by atoms with Crippen molar-refractivity contribution in [3.8, 4) is 11.5 Å². The van der Waals surface area contributed by atoms with Gasteiger partial charge in [0.25, 0.3) is 5.91 Å². The van der Waals surface area contributed by atoms with E-state index < -0.39 is 6.10 Å². The summed E-state index contributed by atoms with van der Waals surface area (Å²) in [5.41, 5.74) is 0.565. The normalized spacial score (nSPS) is 17.8. The molecular formula is C16H16N2O3. The highest BCUT2D eigenvalue weighted by molar-refractivity contribution is 5.94. The van der Waals surface area contributed by atoms with Crippen molar-refractivity contribution in [2.45, 2.75) is 12.5 Å². The second-order valence-electron chi connectivity index (χ2n) is 5.01. The van der Waals surface area contributed by atoms with Crippen LogP contribution in [0.2, 0.25) is 0 Å². The molecule has 1 amide bonds. The van der Waals surface area contributed by atoms with Crippen LogP contribution in [-0.2, 0) is 0 Å². The largest absolute Gasteiger partial charge is 0.457 e. The van der Waals surface area contributed by atoms with E-state index in [9.17, 15) is 9.90 Å². The summed E-state index contributed by atoms with van der Waals surface area (Å²) in [5, 5.41) is 9.52. The fourth-order valence-corrected chi connectivity index (χ4v) is 2.34. The molecule has 2 aromatic rings. The van der Waals surface area contributed by atoms with E-state index in [-0.39, 0.29) is 5.91 Å². The molecule has 0 saturated carbocycles. The van der Waals surface area contributed by atoms with Crippen LogP contribution in [0.15, 0.2) is 48.8 Å². The summed E-state index contributed by atoms with van der Waals surface area (Å²) >= 11 is 0. The van der Waals surface area contributed by atoms with Crippen molar-refractivity contribution in [2.24, 2.45) is 0 Å². The van der Waals surface area contributed by atoms with Gasteiger partial charge in [0.2, 0.25) is 0 Å². The number of hydrogen-bond acceptors (Lipinski definition) is 4. The minimum atomic E-state index is -0.412. The Morgan fingerprint density at radius 1 is 1.24 bits per heavy atom. The summed E-state index contributed by atoms with van der Waals surface area (Å²) < 4.78 is 5.69. The standard InChI is InChI=1S/C16H16N2O3/c19-13-6-9-18(11-13)16(20)12-2-1-3-15(10-12)21-14-4-7-17-8-5-14/h1-5,7-8,10,13,19H,6,9,11H2/t13-/m1/s1. The van der Waals surface area contributed by atoms with Crippen LogP contribution in [-0.4, -0.2) is 40.1 Å². The molecule has 1 aliphatic heterocycles. The first-order chi connectivity index (χ1) is 10.2. The smallest absolute Gasteiger partial charge is 0.254 e. The zero-order valence-corrected chi connectivity index (χ0v) is 11.5. The lowest BCUT2D eigenvalue weighted by Gasteiger charge is -2.16. The average Bonchev–Trinajstić information content (AvgIpc) is 2.94. The molecule has 1 fully saturated rings. The summed E-state index contributed by atoms with van der Waals surface area (Å²) in [6.45, 7) is 0.990. The van der Waals surface area contributed by atoms with Crippen molar-refractivity contribution in [1.82, 2.24) is 9.88 Å². The third-order valence-corrected chi connectivity index (χ3v) is 3.42. The molecule has 21 heavy (non-hydrogen) atoms. The molecule has 5 heteroatoms. The number of hydrogen-bond donors (Lipinski definition) is 1. The quantitative estimate of drug-likeness (QED) is 0.937. The Morgan fingerprint density at radius 2 is 2.05 bits per heavy atom. The lowest BCUT2D eigenvalue weighted by molar-refractivity contribution is 0.0764. The first-order valence-electron chi connectivity index (χ1n) is 6.87. The number of benzene rings is 1. The highest BCUT2D eigenvalue weighted by Crippen LogP contribution is 2.22. The van der Waals surface area contributed by atoms with Crippen LogP contribution in [0.25, 0.3) is 0 Å². The van der Waals surface area contributed by atoms with E-state index in [1.807, 2.05) is 0 Å². The number of pyridine rings is 1. The number of carbonyl (C=O) groups excluding carboxylic acids is 1. The summed E-state index contributed by atoms with van der Waals surface area (Å²) in [6.07, 6.45) is 3.52. The van der Waals surface area contributed by atoms with Gasteiger partial charge in [-0.05, 0) is 36.8 Å². The zero-order chi connectivity index (χ0) is 14.7. The van der Waals surface area contributed by atoms with Crippen molar-refractivity contribution in [3.63, 3.8) is 0 Å². The van der Waals surface area contributed by atoms with Crippen molar-refractivity contribution in [3.05, 3.63) is 54.4 Å². The number of β-amino-alcohol motifs (C(OH)–C–C–N with tert-alkyl or cyclic N) is 1. The number of rotatable bonds is 3. The molecule has 2 heterocycles. The maximum atomic E-state index is 12.3.